The van der Waals surface area contributed by atoms with E-state index >= 15 is 0 Å². The quantitative estimate of drug-likeness (QED) is 0.868. The molecule has 2 heteroatoms. The van der Waals surface area contributed by atoms with E-state index < -0.39 is 0 Å². The van der Waals surface area contributed by atoms with Gasteiger partial charge in [-0.05, 0) is 56.2 Å². The van der Waals surface area contributed by atoms with E-state index in [1.807, 2.05) is 0 Å². The summed E-state index contributed by atoms with van der Waals surface area (Å²) in [4.78, 5) is 2.66. The zero-order valence-electron chi connectivity index (χ0n) is 14.1. The van der Waals surface area contributed by atoms with Gasteiger partial charge in [0.05, 0.1) is 0 Å². The monoisotopic (exact) mass is 288 g/mol. The highest BCUT2D eigenvalue weighted by Crippen LogP contribution is 2.29. The number of hydrogen-bond acceptors (Lipinski definition) is 2. The van der Waals surface area contributed by atoms with E-state index in [-0.39, 0.29) is 6.04 Å². The van der Waals surface area contributed by atoms with Gasteiger partial charge in [-0.25, -0.2) is 0 Å². The van der Waals surface area contributed by atoms with Gasteiger partial charge in [-0.1, -0.05) is 38.8 Å². The molecule has 2 unspecified atom stereocenters. The summed E-state index contributed by atoms with van der Waals surface area (Å²) < 4.78 is 0. The van der Waals surface area contributed by atoms with Gasteiger partial charge in [-0.15, -0.1) is 0 Å². The number of benzene rings is 1. The average Bonchev–Trinajstić information content (AvgIpc) is 2.72. The molecule has 0 radical (unpaired) electrons. The smallest absolute Gasteiger partial charge is 0.0398 e. The molecule has 0 amide bonds. The van der Waals surface area contributed by atoms with E-state index in [1.54, 1.807) is 0 Å². The molecule has 2 N–H and O–H groups in total. The van der Waals surface area contributed by atoms with Crippen molar-refractivity contribution < 1.29 is 0 Å². The number of anilines is 1. The molecular formula is C19H32N2. The summed E-state index contributed by atoms with van der Waals surface area (Å²) in [5.74, 6) is 0. The molecule has 1 saturated heterocycles. The number of aryl methyl sites for hydroxylation is 1. The first-order chi connectivity index (χ1) is 10.2. The van der Waals surface area contributed by atoms with Gasteiger partial charge in [0.2, 0.25) is 0 Å². The Kier molecular flexibility index (Phi) is 6.10. The number of hydrogen-bond donors (Lipinski definition) is 1. The van der Waals surface area contributed by atoms with Crippen LogP contribution in [0.3, 0.4) is 0 Å². The lowest BCUT2D eigenvalue weighted by Gasteiger charge is -2.33. The molecule has 1 aliphatic heterocycles. The highest BCUT2D eigenvalue weighted by atomic mass is 15.2. The Morgan fingerprint density at radius 1 is 1.24 bits per heavy atom. The third-order valence-electron chi connectivity index (χ3n) is 4.94. The fourth-order valence-electron chi connectivity index (χ4n) is 3.53. The summed E-state index contributed by atoms with van der Waals surface area (Å²) >= 11 is 0. The predicted octanol–water partition coefficient (Wildman–Crippen LogP) is 4.43. The Morgan fingerprint density at radius 2 is 2.05 bits per heavy atom. The average molecular weight is 288 g/mol. The second kappa shape index (κ2) is 7.84. The third-order valence-corrected chi connectivity index (χ3v) is 4.94. The van der Waals surface area contributed by atoms with E-state index in [0.29, 0.717) is 0 Å². The van der Waals surface area contributed by atoms with Crippen molar-refractivity contribution in [2.24, 2.45) is 5.73 Å². The summed E-state index contributed by atoms with van der Waals surface area (Å²) in [6.45, 7) is 7.96. The van der Waals surface area contributed by atoms with Crippen LogP contribution < -0.4 is 10.6 Å². The van der Waals surface area contributed by atoms with E-state index in [0.717, 1.165) is 18.9 Å². The maximum atomic E-state index is 6.09. The first-order valence-corrected chi connectivity index (χ1v) is 8.77. The number of rotatable bonds is 5. The standard InChI is InChI=1S/C19H32N2/c1-4-17(20)14-16-10-11-19(15(3)13-16)21-12-8-6-7-9-18(21)5-2/h10-11,13,17-18H,4-9,12,14,20H2,1-3H3. The Hall–Kier alpha value is -1.02. The van der Waals surface area contributed by atoms with Crippen molar-refractivity contribution in [1.29, 1.82) is 0 Å². The van der Waals surface area contributed by atoms with Gasteiger partial charge in [0.25, 0.3) is 0 Å². The fraction of sp³-hybridized carbons (Fsp3) is 0.684. The highest BCUT2D eigenvalue weighted by Gasteiger charge is 2.21. The van der Waals surface area contributed by atoms with Crippen molar-refractivity contribution in [1.82, 2.24) is 0 Å². The summed E-state index contributed by atoms with van der Waals surface area (Å²) in [6, 6.07) is 7.98. The molecule has 1 aliphatic rings. The molecule has 2 atom stereocenters. The second-order valence-corrected chi connectivity index (χ2v) is 6.60. The molecule has 1 aromatic carbocycles. The molecule has 2 rings (SSSR count). The molecule has 118 valence electrons. The van der Waals surface area contributed by atoms with Crippen LogP contribution in [-0.2, 0) is 6.42 Å². The van der Waals surface area contributed by atoms with Gasteiger partial charge >= 0.3 is 0 Å². The maximum absolute atomic E-state index is 6.09. The summed E-state index contributed by atoms with van der Waals surface area (Å²) in [6.07, 6.45) is 8.74. The van der Waals surface area contributed by atoms with Crippen LogP contribution in [0.25, 0.3) is 0 Å². The van der Waals surface area contributed by atoms with Crippen LogP contribution in [0.5, 0.6) is 0 Å². The zero-order valence-corrected chi connectivity index (χ0v) is 14.1. The first-order valence-electron chi connectivity index (χ1n) is 8.77. The minimum atomic E-state index is 0.289. The Bertz CT molecular complexity index is 441. The van der Waals surface area contributed by atoms with Crippen molar-refractivity contribution in [3.63, 3.8) is 0 Å². The second-order valence-electron chi connectivity index (χ2n) is 6.60. The Balaban J connectivity index is 2.18. The SMILES string of the molecule is CCC(N)Cc1ccc(N2CCCCCC2CC)c(C)c1. The van der Waals surface area contributed by atoms with Gasteiger partial charge in [0.15, 0.2) is 0 Å². The van der Waals surface area contributed by atoms with Crippen LogP contribution in [0.15, 0.2) is 18.2 Å². The van der Waals surface area contributed by atoms with Gasteiger partial charge in [0, 0.05) is 24.3 Å². The normalized spacial score (nSPS) is 21.1. The Morgan fingerprint density at radius 3 is 2.71 bits per heavy atom. The molecule has 1 fully saturated rings. The number of nitrogens with two attached hydrogens (primary N) is 1. The molecule has 0 aliphatic carbocycles. The molecule has 0 bridgehead atoms. The predicted molar refractivity (Wildman–Crippen MR) is 93.0 cm³/mol. The lowest BCUT2D eigenvalue weighted by atomic mass is 10.00. The van der Waals surface area contributed by atoms with Crippen molar-refractivity contribution in [3.8, 4) is 0 Å². The summed E-state index contributed by atoms with van der Waals surface area (Å²) in [7, 11) is 0. The lowest BCUT2D eigenvalue weighted by molar-refractivity contribution is 0.555. The maximum Gasteiger partial charge on any atom is 0.0398 e. The van der Waals surface area contributed by atoms with Crippen LogP contribution in [0.2, 0.25) is 0 Å². The van der Waals surface area contributed by atoms with Crippen LogP contribution in [0.4, 0.5) is 5.69 Å². The van der Waals surface area contributed by atoms with Crippen molar-refractivity contribution in [2.75, 3.05) is 11.4 Å². The Labute approximate surface area is 130 Å². The minimum Gasteiger partial charge on any atom is -0.368 e. The molecular weight excluding hydrogens is 256 g/mol. The molecule has 21 heavy (non-hydrogen) atoms. The first kappa shape index (κ1) is 16.4. The van der Waals surface area contributed by atoms with Gasteiger partial charge < -0.3 is 10.6 Å². The third kappa shape index (κ3) is 4.23. The molecule has 0 spiro atoms. The number of nitrogens with zero attached hydrogens (tertiary/aromatic N) is 1. The van der Waals surface area contributed by atoms with Crippen molar-refractivity contribution in [2.45, 2.75) is 77.8 Å². The summed E-state index contributed by atoms with van der Waals surface area (Å²) in [5, 5.41) is 0. The van der Waals surface area contributed by atoms with E-state index in [1.165, 1.54) is 55.5 Å². The molecule has 1 aromatic rings. The topological polar surface area (TPSA) is 29.3 Å². The van der Waals surface area contributed by atoms with Crippen LogP contribution in [0.1, 0.15) is 63.5 Å². The van der Waals surface area contributed by atoms with Crippen LogP contribution >= 0.6 is 0 Å². The molecule has 0 saturated carbocycles. The molecule has 0 aromatic heterocycles. The van der Waals surface area contributed by atoms with Gasteiger partial charge in [-0.3, -0.25) is 0 Å². The lowest BCUT2D eigenvalue weighted by Crippen LogP contribution is -2.34. The fourth-order valence-corrected chi connectivity index (χ4v) is 3.53. The summed E-state index contributed by atoms with van der Waals surface area (Å²) in [5.41, 5.74) is 10.3. The van der Waals surface area contributed by atoms with Gasteiger partial charge in [0.1, 0.15) is 0 Å². The van der Waals surface area contributed by atoms with Crippen LogP contribution in [0, 0.1) is 6.92 Å². The highest BCUT2D eigenvalue weighted by molar-refractivity contribution is 5.55. The molecule has 1 heterocycles. The molecule has 2 nitrogen and oxygen atoms in total. The zero-order chi connectivity index (χ0) is 15.2. The van der Waals surface area contributed by atoms with Crippen molar-refractivity contribution >= 4 is 5.69 Å². The van der Waals surface area contributed by atoms with E-state index in [2.05, 4.69) is 43.9 Å². The van der Waals surface area contributed by atoms with Gasteiger partial charge in [-0.2, -0.15) is 0 Å². The minimum absolute atomic E-state index is 0.289. The van der Waals surface area contributed by atoms with E-state index in [9.17, 15) is 0 Å². The van der Waals surface area contributed by atoms with E-state index in [4.69, 9.17) is 5.73 Å². The van der Waals surface area contributed by atoms with Crippen LogP contribution in [-0.4, -0.2) is 18.6 Å². The largest absolute Gasteiger partial charge is 0.368 e. The van der Waals surface area contributed by atoms with Crippen molar-refractivity contribution in [3.05, 3.63) is 29.3 Å².